The minimum absolute atomic E-state index is 0.128. The summed E-state index contributed by atoms with van der Waals surface area (Å²) in [6.07, 6.45) is 2.14. The Hall–Kier alpha value is -3.12. The summed E-state index contributed by atoms with van der Waals surface area (Å²) in [6.45, 7) is 0.934. The molecule has 1 aliphatic rings. The molecule has 0 unspecified atom stereocenters. The number of sulfone groups is 1. The minimum atomic E-state index is -3.36. The van der Waals surface area contributed by atoms with Gasteiger partial charge >= 0.3 is 0 Å². The van der Waals surface area contributed by atoms with Crippen molar-refractivity contribution < 1.29 is 13.2 Å². The first kappa shape index (κ1) is 18.3. The van der Waals surface area contributed by atoms with E-state index in [2.05, 4.69) is 28.4 Å². The van der Waals surface area contributed by atoms with Gasteiger partial charge in [-0.3, -0.25) is 4.79 Å². The maximum atomic E-state index is 12.5. The van der Waals surface area contributed by atoms with E-state index in [4.69, 9.17) is 0 Å². The van der Waals surface area contributed by atoms with Crippen LogP contribution in [0.1, 0.15) is 15.9 Å². The van der Waals surface area contributed by atoms with Gasteiger partial charge in [0.1, 0.15) is 0 Å². The Balaban J connectivity index is 1.51. The van der Waals surface area contributed by atoms with Crippen molar-refractivity contribution in [3.8, 4) is 0 Å². The molecule has 0 saturated carbocycles. The third-order valence-electron chi connectivity index (χ3n) is 4.85. The smallest absolute Gasteiger partial charge is 0.255 e. The lowest BCUT2D eigenvalue weighted by atomic mass is 10.2. The summed E-state index contributed by atoms with van der Waals surface area (Å²) < 4.78 is 23.4. The second kappa shape index (κ2) is 7.13. The monoisotopic (exact) mass is 392 g/mol. The summed E-state index contributed by atoms with van der Waals surface area (Å²) in [5.74, 6) is -0.343. The molecular weight excluding hydrogens is 372 g/mol. The highest BCUT2D eigenvalue weighted by atomic mass is 32.2. The molecule has 0 bridgehead atoms. The molecular formula is C22H20N2O3S. The number of hydrogen-bond acceptors (Lipinski definition) is 4. The number of fused-ring (bicyclic) bond motifs is 1. The van der Waals surface area contributed by atoms with Gasteiger partial charge < -0.3 is 10.2 Å². The molecule has 1 amide bonds. The number of hydrogen-bond donors (Lipinski definition) is 1. The molecule has 0 saturated heterocycles. The quantitative estimate of drug-likeness (QED) is 0.728. The molecule has 0 atom stereocenters. The molecule has 6 heteroatoms. The predicted molar refractivity (Wildman–Crippen MR) is 111 cm³/mol. The van der Waals surface area contributed by atoms with Crippen molar-refractivity contribution in [1.29, 1.82) is 0 Å². The average Bonchev–Trinajstić information content (AvgIpc) is 3.12. The van der Waals surface area contributed by atoms with Gasteiger partial charge in [-0.05, 0) is 60.5 Å². The number of rotatable bonds is 4. The van der Waals surface area contributed by atoms with Crippen LogP contribution in [0.2, 0.25) is 0 Å². The molecule has 28 heavy (non-hydrogen) atoms. The topological polar surface area (TPSA) is 66.5 Å². The van der Waals surface area contributed by atoms with Gasteiger partial charge in [0.25, 0.3) is 5.91 Å². The third-order valence-corrected chi connectivity index (χ3v) is 5.96. The summed E-state index contributed by atoms with van der Waals surface area (Å²) in [5, 5.41) is 2.82. The summed E-state index contributed by atoms with van der Waals surface area (Å²) in [5.41, 5.74) is 4.59. The Morgan fingerprint density at radius 2 is 1.71 bits per heavy atom. The zero-order valence-corrected chi connectivity index (χ0v) is 16.2. The first-order valence-electron chi connectivity index (χ1n) is 8.99. The number of nitrogens with zero attached hydrogens (tertiary/aromatic N) is 1. The fourth-order valence-electron chi connectivity index (χ4n) is 3.40. The maximum Gasteiger partial charge on any atom is 0.255 e. The van der Waals surface area contributed by atoms with Crippen molar-refractivity contribution in [2.75, 3.05) is 23.0 Å². The van der Waals surface area contributed by atoms with Crippen LogP contribution < -0.4 is 10.2 Å². The van der Waals surface area contributed by atoms with Crippen molar-refractivity contribution >= 4 is 32.8 Å². The lowest BCUT2D eigenvalue weighted by molar-refractivity contribution is 0.102. The summed E-state index contributed by atoms with van der Waals surface area (Å²) >= 11 is 0. The van der Waals surface area contributed by atoms with E-state index in [0.717, 1.165) is 24.9 Å². The molecule has 142 valence electrons. The minimum Gasteiger partial charge on any atom is -0.341 e. The Morgan fingerprint density at radius 3 is 2.46 bits per heavy atom. The lowest BCUT2D eigenvalue weighted by Gasteiger charge is -2.20. The molecule has 1 N–H and O–H groups in total. The van der Waals surface area contributed by atoms with Crippen LogP contribution in [-0.4, -0.2) is 27.1 Å². The molecule has 0 aromatic heterocycles. The molecule has 0 spiro atoms. The Labute approximate surface area is 164 Å². The maximum absolute atomic E-state index is 12.5. The van der Waals surface area contributed by atoms with Crippen molar-refractivity contribution in [2.24, 2.45) is 0 Å². The van der Waals surface area contributed by atoms with Crippen molar-refractivity contribution in [3.05, 3.63) is 83.9 Å². The molecule has 0 fully saturated rings. The highest BCUT2D eigenvalue weighted by molar-refractivity contribution is 7.90. The molecule has 3 aromatic rings. The molecule has 3 aromatic carbocycles. The van der Waals surface area contributed by atoms with E-state index < -0.39 is 9.84 Å². The van der Waals surface area contributed by atoms with E-state index in [1.54, 1.807) is 12.1 Å². The number of amides is 1. The number of anilines is 3. The van der Waals surface area contributed by atoms with Crippen LogP contribution in [0.5, 0.6) is 0 Å². The SMILES string of the molecule is CS(=O)(=O)c1cccc(C(=O)Nc2ccc(N3CCc4ccccc43)cc2)c1. The second-order valence-corrected chi connectivity index (χ2v) is 8.85. The average molecular weight is 392 g/mol. The molecule has 1 aliphatic heterocycles. The van der Waals surface area contributed by atoms with Crippen molar-refractivity contribution in [3.63, 3.8) is 0 Å². The van der Waals surface area contributed by atoms with Crippen LogP contribution in [0.15, 0.2) is 77.7 Å². The van der Waals surface area contributed by atoms with Crippen LogP contribution in [-0.2, 0) is 16.3 Å². The van der Waals surface area contributed by atoms with Gasteiger partial charge in [0.15, 0.2) is 9.84 Å². The van der Waals surface area contributed by atoms with Gasteiger partial charge in [0, 0.05) is 35.4 Å². The predicted octanol–water partition coefficient (Wildman–Crippen LogP) is 4.04. The normalized spacial score (nSPS) is 13.2. The standard InChI is InChI=1S/C22H20N2O3S/c1-28(26,27)20-7-4-6-17(15-20)22(25)23-18-9-11-19(12-10-18)24-14-13-16-5-2-3-8-21(16)24/h2-12,15H,13-14H2,1H3,(H,23,25). The molecule has 0 aliphatic carbocycles. The highest BCUT2D eigenvalue weighted by Crippen LogP contribution is 2.34. The number of nitrogens with one attached hydrogen (secondary N) is 1. The van der Waals surface area contributed by atoms with Gasteiger partial charge in [-0.1, -0.05) is 24.3 Å². The Kier molecular flexibility index (Phi) is 4.65. The number of benzene rings is 3. The Morgan fingerprint density at radius 1 is 0.964 bits per heavy atom. The van der Waals surface area contributed by atoms with Crippen LogP contribution in [0.4, 0.5) is 17.1 Å². The zero-order chi connectivity index (χ0) is 19.7. The molecule has 0 radical (unpaired) electrons. The van der Waals surface area contributed by atoms with Gasteiger partial charge in [0.05, 0.1) is 4.90 Å². The van der Waals surface area contributed by atoms with Crippen LogP contribution in [0.25, 0.3) is 0 Å². The van der Waals surface area contributed by atoms with Gasteiger partial charge in [-0.15, -0.1) is 0 Å². The van der Waals surface area contributed by atoms with Gasteiger partial charge in [-0.2, -0.15) is 0 Å². The molecule has 4 rings (SSSR count). The third kappa shape index (κ3) is 3.64. The van der Waals surface area contributed by atoms with E-state index in [0.29, 0.717) is 11.3 Å². The first-order valence-corrected chi connectivity index (χ1v) is 10.9. The second-order valence-electron chi connectivity index (χ2n) is 6.83. The van der Waals surface area contributed by atoms with Crippen LogP contribution in [0, 0.1) is 0 Å². The zero-order valence-electron chi connectivity index (χ0n) is 15.4. The van der Waals surface area contributed by atoms with Crippen molar-refractivity contribution in [1.82, 2.24) is 0 Å². The Bertz CT molecular complexity index is 1140. The van der Waals surface area contributed by atoms with Crippen molar-refractivity contribution in [2.45, 2.75) is 11.3 Å². The highest BCUT2D eigenvalue weighted by Gasteiger charge is 2.19. The van der Waals surface area contributed by atoms with E-state index in [1.807, 2.05) is 30.3 Å². The number of para-hydroxylation sites is 1. The lowest BCUT2D eigenvalue weighted by Crippen LogP contribution is -2.14. The van der Waals surface area contributed by atoms with E-state index in [9.17, 15) is 13.2 Å². The summed E-state index contributed by atoms with van der Waals surface area (Å²) in [6, 6.07) is 22.1. The van der Waals surface area contributed by atoms with Crippen LogP contribution >= 0.6 is 0 Å². The van der Waals surface area contributed by atoms with Gasteiger partial charge in [-0.25, -0.2) is 8.42 Å². The number of carbonyl (C=O) groups is 1. The van der Waals surface area contributed by atoms with E-state index in [-0.39, 0.29) is 10.8 Å². The fraction of sp³-hybridized carbons (Fsp3) is 0.136. The fourth-order valence-corrected chi connectivity index (χ4v) is 4.07. The van der Waals surface area contributed by atoms with E-state index in [1.165, 1.54) is 23.4 Å². The molecule has 1 heterocycles. The first-order chi connectivity index (χ1) is 13.4. The number of carbonyl (C=O) groups excluding carboxylic acids is 1. The largest absolute Gasteiger partial charge is 0.341 e. The van der Waals surface area contributed by atoms with Crippen LogP contribution in [0.3, 0.4) is 0 Å². The summed E-state index contributed by atoms with van der Waals surface area (Å²) in [7, 11) is -3.36. The summed E-state index contributed by atoms with van der Waals surface area (Å²) in [4.78, 5) is 14.9. The van der Waals surface area contributed by atoms with Gasteiger partial charge in [0.2, 0.25) is 0 Å². The van der Waals surface area contributed by atoms with E-state index >= 15 is 0 Å². The molecule has 5 nitrogen and oxygen atoms in total.